The van der Waals surface area contributed by atoms with Gasteiger partial charge in [0.2, 0.25) is 0 Å². The Labute approximate surface area is 176 Å². The summed E-state index contributed by atoms with van der Waals surface area (Å²) in [7, 11) is -4.71. The van der Waals surface area contributed by atoms with Crippen molar-refractivity contribution < 1.29 is 16.8 Å². The topological polar surface area (TPSA) is 127 Å². The first-order chi connectivity index (χ1) is 14.0. The van der Waals surface area contributed by atoms with Crippen molar-refractivity contribution in [1.29, 1.82) is 0 Å². The van der Waals surface area contributed by atoms with E-state index in [2.05, 4.69) is 0 Å². The van der Waals surface area contributed by atoms with Crippen LogP contribution in [0.1, 0.15) is 0 Å². The summed E-state index contributed by atoms with van der Waals surface area (Å²) in [5, 5.41) is 0. The van der Waals surface area contributed by atoms with Crippen molar-refractivity contribution in [3.63, 3.8) is 0 Å². The highest BCUT2D eigenvalue weighted by Gasteiger charge is 2.23. The Bertz CT molecular complexity index is 1140. The third-order valence-corrected chi connectivity index (χ3v) is 8.25. The summed E-state index contributed by atoms with van der Waals surface area (Å²) in [6.45, 7) is 0. The Balaban J connectivity index is 1.86. The number of sulfonamides is 2. The molecule has 0 saturated heterocycles. The molecule has 0 aromatic heterocycles. The molecule has 4 N–H and O–H groups in total. The van der Waals surface area contributed by atoms with Gasteiger partial charge in [0.15, 0.2) is 0 Å². The zero-order valence-corrected chi connectivity index (χ0v) is 18.1. The molecule has 0 aliphatic carbocycles. The Kier molecular flexibility index (Phi) is 5.64. The van der Waals surface area contributed by atoms with Gasteiger partial charge < -0.3 is 11.5 Å². The molecule has 0 heterocycles. The normalized spacial score (nSPS) is 11.8. The molecule has 8 nitrogen and oxygen atoms in total. The van der Waals surface area contributed by atoms with Gasteiger partial charge in [-0.15, -0.1) is 0 Å². The fraction of sp³-hybridized carbons (Fsp3) is 0.100. The van der Waals surface area contributed by atoms with Gasteiger partial charge >= 0.3 is 0 Å². The average Bonchev–Trinajstić information content (AvgIpc) is 2.73. The summed E-state index contributed by atoms with van der Waals surface area (Å²) in [6.07, 6.45) is 0. The van der Waals surface area contributed by atoms with Crippen LogP contribution in [0, 0.1) is 0 Å². The highest BCUT2D eigenvalue weighted by molar-refractivity contribution is 7.93. The second kappa shape index (κ2) is 7.88. The predicted octanol–water partition coefficient (Wildman–Crippen LogP) is 2.50. The van der Waals surface area contributed by atoms with Crippen molar-refractivity contribution in [2.24, 2.45) is 0 Å². The molecule has 0 saturated carbocycles. The number of nitrogens with zero attached hydrogens (tertiary/aromatic N) is 2. The number of hydrogen-bond donors (Lipinski definition) is 2. The second-order valence-electron chi connectivity index (χ2n) is 6.60. The minimum absolute atomic E-state index is 0.103. The fourth-order valence-corrected chi connectivity index (χ4v) is 5.14. The first-order valence-electron chi connectivity index (χ1n) is 8.82. The van der Waals surface area contributed by atoms with Gasteiger partial charge in [-0.3, -0.25) is 8.61 Å². The number of rotatable bonds is 6. The van der Waals surface area contributed by atoms with Crippen molar-refractivity contribution in [2.75, 3.05) is 34.2 Å². The molecule has 0 aliphatic heterocycles. The summed E-state index contributed by atoms with van der Waals surface area (Å²) in [5.74, 6) is 0. The highest BCUT2D eigenvalue weighted by atomic mass is 32.2. The van der Waals surface area contributed by atoms with Gasteiger partial charge in [0.05, 0.1) is 21.2 Å². The van der Waals surface area contributed by atoms with E-state index in [1.165, 1.54) is 62.6 Å². The number of nitrogen functional groups attached to an aromatic ring is 2. The van der Waals surface area contributed by atoms with Crippen molar-refractivity contribution in [3.05, 3.63) is 72.8 Å². The van der Waals surface area contributed by atoms with E-state index in [-0.39, 0.29) is 9.79 Å². The SMILES string of the molecule is CN(c1ccc(N(C)S(=O)(=O)c2ccc(N)cc2)cc1)S(=O)(=O)c1ccc(N)cc1. The predicted molar refractivity (Wildman–Crippen MR) is 119 cm³/mol. The van der Waals surface area contributed by atoms with Crippen LogP contribution in [0.4, 0.5) is 22.7 Å². The lowest BCUT2D eigenvalue weighted by molar-refractivity contribution is 0.592. The minimum atomic E-state index is -3.78. The van der Waals surface area contributed by atoms with Crippen LogP contribution in [-0.2, 0) is 20.0 Å². The molecule has 0 aliphatic rings. The van der Waals surface area contributed by atoms with Gasteiger partial charge in [0.25, 0.3) is 20.0 Å². The van der Waals surface area contributed by atoms with E-state index in [0.29, 0.717) is 22.7 Å². The van der Waals surface area contributed by atoms with Crippen molar-refractivity contribution in [1.82, 2.24) is 0 Å². The lowest BCUT2D eigenvalue weighted by Gasteiger charge is -2.22. The molecule has 3 aromatic rings. The van der Waals surface area contributed by atoms with Crippen LogP contribution < -0.4 is 20.1 Å². The van der Waals surface area contributed by atoms with Crippen molar-refractivity contribution >= 4 is 42.8 Å². The minimum Gasteiger partial charge on any atom is -0.399 e. The van der Waals surface area contributed by atoms with Gasteiger partial charge in [-0.2, -0.15) is 0 Å². The van der Waals surface area contributed by atoms with Gasteiger partial charge in [-0.05, 0) is 72.8 Å². The first kappa shape index (κ1) is 21.5. The lowest BCUT2D eigenvalue weighted by Crippen LogP contribution is -2.28. The number of anilines is 4. The summed E-state index contributed by atoms with van der Waals surface area (Å²) in [6, 6.07) is 18.0. The van der Waals surface area contributed by atoms with Crippen LogP contribution in [0.25, 0.3) is 0 Å². The van der Waals surface area contributed by atoms with E-state index >= 15 is 0 Å². The first-order valence-corrected chi connectivity index (χ1v) is 11.7. The summed E-state index contributed by atoms with van der Waals surface area (Å²) in [4.78, 5) is 0.206. The van der Waals surface area contributed by atoms with E-state index < -0.39 is 20.0 Å². The largest absolute Gasteiger partial charge is 0.399 e. The lowest BCUT2D eigenvalue weighted by atomic mass is 10.3. The Morgan fingerprint density at radius 1 is 0.533 bits per heavy atom. The Morgan fingerprint density at radius 2 is 0.800 bits per heavy atom. The smallest absolute Gasteiger partial charge is 0.264 e. The van der Waals surface area contributed by atoms with E-state index in [9.17, 15) is 16.8 Å². The van der Waals surface area contributed by atoms with Crippen LogP contribution in [0.2, 0.25) is 0 Å². The van der Waals surface area contributed by atoms with E-state index in [4.69, 9.17) is 11.5 Å². The molecule has 10 heteroatoms. The molecule has 0 amide bonds. The van der Waals surface area contributed by atoms with Crippen LogP contribution in [-0.4, -0.2) is 30.9 Å². The van der Waals surface area contributed by atoms with Gasteiger partial charge in [-0.1, -0.05) is 0 Å². The Morgan fingerprint density at radius 3 is 1.07 bits per heavy atom. The monoisotopic (exact) mass is 446 g/mol. The van der Waals surface area contributed by atoms with E-state index in [1.807, 2.05) is 0 Å². The van der Waals surface area contributed by atoms with Crippen LogP contribution in [0.15, 0.2) is 82.6 Å². The zero-order chi connectivity index (χ0) is 22.1. The third-order valence-electron chi connectivity index (χ3n) is 4.65. The van der Waals surface area contributed by atoms with Gasteiger partial charge in [0.1, 0.15) is 0 Å². The van der Waals surface area contributed by atoms with E-state index in [0.717, 1.165) is 8.61 Å². The molecular formula is C20H22N4O4S2. The second-order valence-corrected chi connectivity index (χ2v) is 10.5. The maximum absolute atomic E-state index is 12.8. The molecule has 158 valence electrons. The highest BCUT2D eigenvalue weighted by Crippen LogP contribution is 2.27. The molecular weight excluding hydrogens is 424 g/mol. The number of hydrogen-bond acceptors (Lipinski definition) is 6. The fourth-order valence-electron chi connectivity index (χ4n) is 2.75. The van der Waals surface area contributed by atoms with Crippen molar-refractivity contribution in [3.8, 4) is 0 Å². The molecule has 0 atom stereocenters. The summed E-state index contributed by atoms with van der Waals surface area (Å²) in [5.41, 5.74) is 12.9. The summed E-state index contributed by atoms with van der Waals surface area (Å²) >= 11 is 0. The van der Waals surface area contributed by atoms with Crippen molar-refractivity contribution in [2.45, 2.75) is 9.79 Å². The molecule has 3 rings (SSSR count). The molecule has 0 fully saturated rings. The summed E-state index contributed by atoms with van der Waals surface area (Å²) < 4.78 is 53.5. The van der Waals surface area contributed by atoms with Gasteiger partial charge in [0, 0.05) is 25.5 Å². The third kappa shape index (κ3) is 4.05. The zero-order valence-electron chi connectivity index (χ0n) is 16.4. The Hall–Kier alpha value is -3.24. The molecule has 0 radical (unpaired) electrons. The molecule has 0 bridgehead atoms. The van der Waals surface area contributed by atoms with Crippen LogP contribution in [0.5, 0.6) is 0 Å². The van der Waals surface area contributed by atoms with Crippen LogP contribution >= 0.6 is 0 Å². The molecule has 0 spiro atoms. The standard InChI is InChI=1S/C20H22N4O4S2/c1-23(29(25,26)19-11-3-15(21)4-12-19)17-7-9-18(10-8-17)24(2)30(27,28)20-13-5-16(22)6-14-20/h3-14H,21-22H2,1-2H3. The maximum atomic E-state index is 12.8. The average molecular weight is 447 g/mol. The quantitative estimate of drug-likeness (QED) is 0.560. The van der Waals surface area contributed by atoms with Gasteiger partial charge in [-0.25, -0.2) is 16.8 Å². The maximum Gasteiger partial charge on any atom is 0.264 e. The number of nitrogens with two attached hydrogens (primary N) is 2. The van der Waals surface area contributed by atoms with Crippen LogP contribution in [0.3, 0.4) is 0 Å². The van der Waals surface area contributed by atoms with E-state index in [1.54, 1.807) is 24.3 Å². The molecule has 30 heavy (non-hydrogen) atoms. The molecule has 0 unspecified atom stereocenters. The molecule has 3 aromatic carbocycles. The number of benzene rings is 3.